The van der Waals surface area contributed by atoms with Crippen LogP contribution in [0.25, 0.3) is 0 Å². The van der Waals surface area contributed by atoms with Gasteiger partial charge in [0.1, 0.15) is 0 Å². The van der Waals surface area contributed by atoms with E-state index in [2.05, 4.69) is 22.6 Å². The number of nitrogens with zero attached hydrogens (tertiary/aromatic N) is 1. The van der Waals surface area contributed by atoms with Crippen LogP contribution in [0.3, 0.4) is 0 Å². The summed E-state index contributed by atoms with van der Waals surface area (Å²) in [6.07, 6.45) is 3.78. The number of likely N-dealkylation sites (N-methyl/N-ethyl adjacent to an activating group) is 1. The smallest absolute Gasteiger partial charge is 0.238 e. The van der Waals surface area contributed by atoms with Gasteiger partial charge < -0.3 is 15.5 Å². The molecule has 0 aromatic heterocycles. The molecule has 1 saturated heterocycles. The van der Waals surface area contributed by atoms with Crippen LogP contribution in [0.1, 0.15) is 19.3 Å². The molecule has 1 aliphatic rings. The standard InChI is InChI=1S/C15H22ClN3O/c1-19-9-3-2-4-14(19)10-17-11-15(20)18-13-7-5-12(16)6-8-13/h5-8,14,17H,2-4,9-11H2,1H3,(H,18,20). The van der Waals surface area contributed by atoms with Crippen LogP contribution in [0.2, 0.25) is 5.02 Å². The molecule has 4 nitrogen and oxygen atoms in total. The van der Waals surface area contributed by atoms with Crippen molar-refractivity contribution in [1.29, 1.82) is 0 Å². The molecule has 1 atom stereocenters. The molecule has 110 valence electrons. The lowest BCUT2D eigenvalue weighted by Crippen LogP contribution is -2.44. The molecule has 0 radical (unpaired) electrons. The van der Waals surface area contributed by atoms with Crippen LogP contribution in [-0.2, 0) is 4.79 Å². The highest BCUT2D eigenvalue weighted by Crippen LogP contribution is 2.14. The van der Waals surface area contributed by atoms with Gasteiger partial charge in [-0.05, 0) is 50.7 Å². The Labute approximate surface area is 125 Å². The van der Waals surface area contributed by atoms with Gasteiger partial charge in [0.05, 0.1) is 6.54 Å². The number of benzene rings is 1. The first-order valence-electron chi connectivity index (χ1n) is 7.11. The van der Waals surface area contributed by atoms with Gasteiger partial charge in [-0.15, -0.1) is 0 Å². The van der Waals surface area contributed by atoms with Gasteiger partial charge in [0, 0.05) is 23.3 Å². The van der Waals surface area contributed by atoms with E-state index in [4.69, 9.17) is 11.6 Å². The lowest BCUT2D eigenvalue weighted by atomic mass is 10.0. The lowest BCUT2D eigenvalue weighted by Gasteiger charge is -2.32. The van der Waals surface area contributed by atoms with E-state index in [0.29, 0.717) is 17.6 Å². The van der Waals surface area contributed by atoms with Crippen molar-refractivity contribution in [2.24, 2.45) is 0 Å². The summed E-state index contributed by atoms with van der Waals surface area (Å²) >= 11 is 5.80. The van der Waals surface area contributed by atoms with Crippen LogP contribution >= 0.6 is 11.6 Å². The zero-order valence-electron chi connectivity index (χ0n) is 11.9. The number of halogens is 1. The molecule has 1 fully saturated rings. The fourth-order valence-electron chi connectivity index (χ4n) is 2.49. The minimum Gasteiger partial charge on any atom is -0.325 e. The van der Waals surface area contributed by atoms with Crippen molar-refractivity contribution < 1.29 is 4.79 Å². The van der Waals surface area contributed by atoms with Crippen LogP contribution in [0, 0.1) is 0 Å². The van der Waals surface area contributed by atoms with Crippen molar-refractivity contribution in [1.82, 2.24) is 10.2 Å². The number of rotatable bonds is 5. The van der Waals surface area contributed by atoms with E-state index >= 15 is 0 Å². The minimum atomic E-state index is -0.0224. The Kier molecular flexibility index (Phi) is 5.83. The molecule has 1 amide bonds. The molecule has 1 unspecified atom stereocenters. The average molecular weight is 296 g/mol. The molecular weight excluding hydrogens is 274 g/mol. The highest BCUT2D eigenvalue weighted by Gasteiger charge is 2.18. The fraction of sp³-hybridized carbons (Fsp3) is 0.533. The minimum absolute atomic E-state index is 0.0224. The maximum Gasteiger partial charge on any atom is 0.238 e. The summed E-state index contributed by atoms with van der Waals surface area (Å²) in [5.74, 6) is -0.0224. The van der Waals surface area contributed by atoms with Crippen molar-refractivity contribution in [2.75, 3.05) is 32.0 Å². The number of piperidine rings is 1. The number of anilines is 1. The maximum absolute atomic E-state index is 11.8. The molecule has 1 aliphatic heterocycles. The van der Waals surface area contributed by atoms with E-state index in [1.165, 1.54) is 19.3 Å². The van der Waals surface area contributed by atoms with Crippen LogP contribution in [0.4, 0.5) is 5.69 Å². The van der Waals surface area contributed by atoms with Crippen molar-refractivity contribution in [2.45, 2.75) is 25.3 Å². The van der Waals surface area contributed by atoms with E-state index in [-0.39, 0.29) is 5.91 Å². The molecule has 1 aromatic rings. The van der Waals surface area contributed by atoms with Gasteiger partial charge in [0.15, 0.2) is 0 Å². The number of nitrogens with one attached hydrogen (secondary N) is 2. The fourth-order valence-corrected chi connectivity index (χ4v) is 2.62. The molecule has 0 aliphatic carbocycles. The third-order valence-electron chi connectivity index (χ3n) is 3.72. The highest BCUT2D eigenvalue weighted by molar-refractivity contribution is 6.30. The van der Waals surface area contributed by atoms with Gasteiger partial charge in [-0.3, -0.25) is 4.79 Å². The summed E-state index contributed by atoms with van der Waals surface area (Å²) in [6, 6.07) is 7.68. The van der Waals surface area contributed by atoms with Crippen molar-refractivity contribution in [3.63, 3.8) is 0 Å². The second-order valence-electron chi connectivity index (χ2n) is 5.32. The first kappa shape index (κ1) is 15.3. The predicted molar refractivity (Wildman–Crippen MR) is 83.2 cm³/mol. The zero-order chi connectivity index (χ0) is 14.4. The van der Waals surface area contributed by atoms with Crippen molar-refractivity contribution >= 4 is 23.2 Å². The van der Waals surface area contributed by atoms with Gasteiger partial charge in [-0.25, -0.2) is 0 Å². The van der Waals surface area contributed by atoms with Gasteiger partial charge in [-0.1, -0.05) is 18.0 Å². The summed E-state index contributed by atoms with van der Waals surface area (Å²) in [5.41, 5.74) is 0.774. The summed E-state index contributed by atoms with van der Waals surface area (Å²) in [4.78, 5) is 14.2. The van der Waals surface area contributed by atoms with Gasteiger partial charge in [-0.2, -0.15) is 0 Å². The number of hydrogen-bond acceptors (Lipinski definition) is 3. The van der Waals surface area contributed by atoms with Gasteiger partial charge in [0.25, 0.3) is 0 Å². The molecule has 0 spiro atoms. The van der Waals surface area contributed by atoms with E-state index in [9.17, 15) is 4.79 Å². The number of hydrogen-bond donors (Lipinski definition) is 2. The molecule has 1 aromatic carbocycles. The normalized spacial score (nSPS) is 19.8. The van der Waals surface area contributed by atoms with E-state index in [0.717, 1.165) is 18.8 Å². The van der Waals surface area contributed by atoms with Crippen molar-refractivity contribution in [3.8, 4) is 0 Å². The largest absolute Gasteiger partial charge is 0.325 e. The van der Waals surface area contributed by atoms with Crippen LogP contribution in [0.5, 0.6) is 0 Å². The predicted octanol–water partition coefficient (Wildman–Crippen LogP) is 2.35. The Morgan fingerprint density at radius 2 is 2.10 bits per heavy atom. The van der Waals surface area contributed by atoms with E-state index in [1.54, 1.807) is 24.3 Å². The molecule has 0 saturated carbocycles. The number of carbonyl (C=O) groups is 1. The summed E-state index contributed by atoms with van der Waals surface area (Å²) in [5, 5.41) is 6.75. The number of amides is 1. The summed E-state index contributed by atoms with van der Waals surface area (Å²) in [6.45, 7) is 2.36. The Hall–Kier alpha value is -1.10. The SMILES string of the molecule is CN1CCCCC1CNCC(=O)Nc1ccc(Cl)cc1. The Bertz CT molecular complexity index is 435. The second kappa shape index (κ2) is 7.62. The molecular formula is C15H22ClN3O. The first-order chi connectivity index (χ1) is 9.65. The third kappa shape index (κ3) is 4.78. The number of likely N-dealkylation sites (tertiary alicyclic amines) is 1. The molecule has 2 N–H and O–H groups in total. The maximum atomic E-state index is 11.8. The zero-order valence-corrected chi connectivity index (χ0v) is 12.6. The molecule has 1 heterocycles. The second-order valence-corrected chi connectivity index (χ2v) is 5.75. The van der Waals surface area contributed by atoms with Crippen molar-refractivity contribution in [3.05, 3.63) is 29.3 Å². The Morgan fingerprint density at radius 1 is 1.35 bits per heavy atom. The number of carbonyl (C=O) groups excluding carboxylic acids is 1. The van der Waals surface area contributed by atoms with Crippen LogP contribution in [0.15, 0.2) is 24.3 Å². The molecule has 0 bridgehead atoms. The molecule has 5 heteroatoms. The van der Waals surface area contributed by atoms with Gasteiger partial charge in [0.2, 0.25) is 5.91 Å². The van der Waals surface area contributed by atoms with E-state index < -0.39 is 0 Å². The van der Waals surface area contributed by atoms with Gasteiger partial charge >= 0.3 is 0 Å². The average Bonchev–Trinajstić information content (AvgIpc) is 2.43. The quantitative estimate of drug-likeness (QED) is 0.876. The third-order valence-corrected chi connectivity index (χ3v) is 3.97. The topological polar surface area (TPSA) is 44.4 Å². The molecule has 2 rings (SSSR count). The molecule has 20 heavy (non-hydrogen) atoms. The summed E-state index contributed by atoms with van der Waals surface area (Å²) < 4.78 is 0. The highest BCUT2D eigenvalue weighted by atomic mass is 35.5. The van der Waals surface area contributed by atoms with E-state index in [1.807, 2.05) is 0 Å². The van der Waals surface area contributed by atoms with Crippen LogP contribution < -0.4 is 10.6 Å². The Morgan fingerprint density at radius 3 is 2.80 bits per heavy atom. The monoisotopic (exact) mass is 295 g/mol. The van der Waals surface area contributed by atoms with Crippen LogP contribution in [-0.4, -0.2) is 43.5 Å². The first-order valence-corrected chi connectivity index (χ1v) is 7.49. The Balaban J connectivity index is 1.68. The lowest BCUT2D eigenvalue weighted by molar-refractivity contribution is -0.115. The summed E-state index contributed by atoms with van der Waals surface area (Å²) in [7, 11) is 2.15.